The van der Waals surface area contributed by atoms with E-state index in [1.165, 1.54) is 18.8 Å². The first kappa shape index (κ1) is 17.7. The van der Waals surface area contributed by atoms with E-state index >= 15 is 0 Å². The molecular weight excluding hydrogens is 340 g/mol. The van der Waals surface area contributed by atoms with Crippen molar-refractivity contribution in [3.05, 3.63) is 23.8 Å². The normalized spacial score (nSPS) is 15.4. The molecule has 1 N–H and O–H groups in total. The molecule has 2 aromatic rings. The molecule has 3 heterocycles. The SMILES string of the molecule is CCn1nc(C)c(S(=O)(=O)Nc2cnc(N3CCCCC3)nc2)c1C. The molecule has 0 aromatic carbocycles. The summed E-state index contributed by atoms with van der Waals surface area (Å²) in [4.78, 5) is 11.0. The molecule has 0 aliphatic carbocycles. The summed E-state index contributed by atoms with van der Waals surface area (Å²) in [6.07, 6.45) is 6.54. The molecule has 0 saturated carbocycles. The predicted molar refractivity (Wildman–Crippen MR) is 96.3 cm³/mol. The number of nitrogens with zero attached hydrogens (tertiary/aromatic N) is 5. The van der Waals surface area contributed by atoms with Crippen molar-refractivity contribution in [2.24, 2.45) is 0 Å². The average molecular weight is 364 g/mol. The fourth-order valence-electron chi connectivity index (χ4n) is 3.21. The van der Waals surface area contributed by atoms with E-state index in [-0.39, 0.29) is 4.90 Å². The highest BCUT2D eigenvalue weighted by molar-refractivity contribution is 7.92. The van der Waals surface area contributed by atoms with Gasteiger partial charge in [0.05, 0.1) is 29.5 Å². The number of hydrogen-bond donors (Lipinski definition) is 1. The highest BCUT2D eigenvalue weighted by atomic mass is 32.2. The number of anilines is 2. The summed E-state index contributed by atoms with van der Waals surface area (Å²) in [6.45, 7) is 7.89. The summed E-state index contributed by atoms with van der Waals surface area (Å²) in [5, 5.41) is 4.27. The Morgan fingerprint density at radius 2 is 1.76 bits per heavy atom. The van der Waals surface area contributed by atoms with Crippen LogP contribution in [0.4, 0.5) is 11.6 Å². The fourth-order valence-corrected chi connectivity index (χ4v) is 4.66. The highest BCUT2D eigenvalue weighted by Crippen LogP contribution is 2.23. The third kappa shape index (κ3) is 3.60. The lowest BCUT2D eigenvalue weighted by Gasteiger charge is -2.26. The second kappa shape index (κ2) is 6.99. The minimum atomic E-state index is -3.73. The fraction of sp³-hybridized carbons (Fsp3) is 0.562. The maximum atomic E-state index is 12.7. The van der Waals surface area contributed by atoms with Crippen molar-refractivity contribution in [3.63, 3.8) is 0 Å². The molecule has 1 saturated heterocycles. The number of piperidine rings is 1. The Bertz CT molecular complexity index is 838. The number of sulfonamides is 1. The van der Waals surface area contributed by atoms with Gasteiger partial charge in [-0.2, -0.15) is 5.10 Å². The molecule has 8 nitrogen and oxygen atoms in total. The molecule has 136 valence electrons. The van der Waals surface area contributed by atoms with Gasteiger partial charge in [0.15, 0.2) is 0 Å². The second-order valence-corrected chi connectivity index (χ2v) is 7.86. The lowest BCUT2D eigenvalue weighted by atomic mass is 10.1. The van der Waals surface area contributed by atoms with Crippen LogP contribution in [-0.2, 0) is 16.6 Å². The van der Waals surface area contributed by atoms with Crippen LogP contribution in [0.15, 0.2) is 17.3 Å². The highest BCUT2D eigenvalue weighted by Gasteiger charge is 2.24. The van der Waals surface area contributed by atoms with Gasteiger partial charge in [-0.05, 0) is 40.0 Å². The van der Waals surface area contributed by atoms with Crippen LogP contribution in [0.25, 0.3) is 0 Å². The van der Waals surface area contributed by atoms with Crippen molar-refractivity contribution >= 4 is 21.7 Å². The van der Waals surface area contributed by atoms with Crippen LogP contribution >= 0.6 is 0 Å². The van der Waals surface area contributed by atoms with Crippen molar-refractivity contribution in [1.82, 2.24) is 19.7 Å². The Morgan fingerprint density at radius 3 is 2.32 bits per heavy atom. The molecule has 1 aliphatic rings. The van der Waals surface area contributed by atoms with Gasteiger partial charge in [-0.25, -0.2) is 18.4 Å². The van der Waals surface area contributed by atoms with Crippen molar-refractivity contribution < 1.29 is 8.42 Å². The zero-order valence-electron chi connectivity index (χ0n) is 14.9. The zero-order chi connectivity index (χ0) is 18.0. The van der Waals surface area contributed by atoms with E-state index in [1.54, 1.807) is 18.5 Å². The van der Waals surface area contributed by atoms with Gasteiger partial charge in [-0.15, -0.1) is 0 Å². The van der Waals surface area contributed by atoms with Gasteiger partial charge in [0, 0.05) is 19.6 Å². The van der Waals surface area contributed by atoms with Crippen molar-refractivity contribution in [2.75, 3.05) is 22.7 Å². The average Bonchev–Trinajstić information content (AvgIpc) is 2.90. The molecule has 0 unspecified atom stereocenters. The molecule has 3 rings (SSSR count). The van der Waals surface area contributed by atoms with Crippen LogP contribution in [0, 0.1) is 13.8 Å². The van der Waals surface area contributed by atoms with Gasteiger partial charge in [0.25, 0.3) is 10.0 Å². The molecule has 0 atom stereocenters. The van der Waals surface area contributed by atoms with E-state index in [9.17, 15) is 8.42 Å². The Balaban J connectivity index is 1.80. The van der Waals surface area contributed by atoms with Crippen LogP contribution in [0.3, 0.4) is 0 Å². The van der Waals surface area contributed by atoms with Gasteiger partial charge in [0.1, 0.15) is 4.90 Å². The Kier molecular flexibility index (Phi) is 4.94. The molecule has 9 heteroatoms. The van der Waals surface area contributed by atoms with Gasteiger partial charge in [-0.1, -0.05) is 0 Å². The topological polar surface area (TPSA) is 93.0 Å². The number of nitrogens with one attached hydrogen (secondary N) is 1. The minimum Gasteiger partial charge on any atom is -0.341 e. The van der Waals surface area contributed by atoms with Gasteiger partial charge >= 0.3 is 0 Å². The van der Waals surface area contributed by atoms with Gasteiger partial charge in [0.2, 0.25) is 5.95 Å². The van der Waals surface area contributed by atoms with Crippen LogP contribution < -0.4 is 9.62 Å². The van der Waals surface area contributed by atoms with Crippen molar-refractivity contribution in [3.8, 4) is 0 Å². The molecule has 0 spiro atoms. The predicted octanol–water partition coefficient (Wildman–Crippen LogP) is 2.10. The van der Waals surface area contributed by atoms with Crippen molar-refractivity contribution in [2.45, 2.75) is 51.5 Å². The van der Waals surface area contributed by atoms with Crippen LogP contribution in [-0.4, -0.2) is 41.3 Å². The third-order valence-corrected chi connectivity index (χ3v) is 6.05. The van der Waals surface area contributed by atoms with Crippen molar-refractivity contribution in [1.29, 1.82) is 0 Å². The lowest BCUT2D eigenvalue weighted by Crippen LogP contribution is -2.30. The molecule has 0 radical (unpaired) electrons. The first-order chi connectivity index (χ1) is 11.9. The molecule has 0 bridgehead atoms. The first-order valence-electron chi connectivity index (χ1n) is 8.56. The summed E-state index contributed by atoms with van der Waals surface area (Å²) in [7, 11) is -3.73. The third-order valence-electron chi connectivity index (χ3n) is 4.41. The quantitative estimate of drug-likeness (QED) is 0.873. The molecule has 1 aliphatic heterocycles. The summed E-state index contributed by atoms with van der Waals surface area (Å²) in [5.74, 6) is 0.647. The maximum Gasteiger partial charge on any atom is 0.265 e. The van der Waals surface area contributed by atoms with Crippen LogP contribution in [0.2, 0.25) is 0 Å². The second-order valence-electron chi connectivity index (χ2n) is 6.24. The monoisotopic (exact) mass is 364 g/mol. The van der Waals surface area contributed by atoms with Gasteiger partial charge in [-0.3, -0.25) is 9.40 Å². The lowest BCUT2D eigenvalue weighted by molar-refractivity contribution is 0.568. The molecular formula is C16H24N6O2S. The maximum absolute atomic E-state index is 12.7. The van der Waals surface area contributed by atoms with E-state index in [2.05, 4.69) is 24.7 Å². The Labute approximate surface area is 148 Å². The van der Waals surface area contributed by atoms with E-state index in [0.717, 1.165) is 25.9 Å². The standard InChI is InChI=1S/C16H24N6O2S/c1-4-22-13(3)15(12(2)19-22)25(23,24)20-14-10-17-16(18-11-14)21-8-6-5-7-9-21/h10-11,20H,4-9H2,1-3H3. The van der Waals surface area contributed by atoms with Crippen LogP contribution in [0.1, 0.15) is 37.6 Å². The number of aromatic nitrogens is 4. The van der Waals surface area contributed by atoms with E-state index in [1.807, 2.05) is 6.92 Å². The minimum absolute atomic E-state index is 0.217. The molecule has 2 aromatic heterocycles. The Hall–Kier alpha value is -2.16. The van der Waals surface area contributed by atoms with Crippen LogP contribution in [0.5, 0.6) is 0 Å². The number of rotatable bonds is 5. The molecule has 25 heavy (non-hydrogen) atoms. The van der Waals surface area contributed by atoms with E-state index in [0.29, 0.717) is 29.6 Å². The smallest absolute Gasteiger partial charge is 0.265 e. The summed E-state index contributed by atoms with van der Waals surface area (Å²) in [6, 6.07) is 0. The molecule has 0 amide bonds. The first-order valence-corrected chi connectivity index (χ1v) is 10.0. The van der Waals surface area contributed by atoms with E-state index in [4.69, 9.17) is 0 Å². The largest absolute Gasteiger partial charge is 0.341 e. The summed E-state index contributed by atoms with van der Waals surface area (Å²) >= 11 is 0. The molecule has 1 fully saturated rings. The Morgan fingerprint density at radius 1 is 1.12 bits per heavy atom. The zero-order valence-corrected chi connectivity index (χ0v) is 15.7. The summed E-state index contributed by atoms with van der Waals surface area (Å²) in [5.41, 5.74) is 1.46. The summed E-state index contributed by atoms with van der Waals surface area (Å²) < 4.78 is 29.7. The number of aryl methyl sites for hydroxylation is 2. The number of hydrogen-bond acceptors (Lipinski definition) is 6. The van der Waals surface area contributed by atoms with E-state index < -0.39 is 10.0 Å². The van der Waals surface area contributed by atoms with Gasteiger partial charge < -0.3 is 4.90 Å².